The number of nitrogens with one attached hydrogen (secondary N) is 2. The van der Waals surface area contributed by atoms with E-state index in [4.69, 9.17) is 0 Å². The summed E-state index contributed by atoms with van der Waals surface area (Å²) in [6, 6.07) is 7.58. The molecule has 2 N–H and O–H groups in total. The highest BCUT2D eigenvalue weighted by molar-refractivity contribution is 5.97. The van der Waals surface area contributed by atoms with Gasteiger partial charge in [0.1, 0.15) is 0 Å². The second kappa shape index (κ2) is 7.56. The summed E-state index contributed by atoms with van der Waals surface area (Å²) >= 11 is 0. The number of benzene rings is 1. The molecule has 2 aliphatic heterocycles. The second-order valence-corrected chi connectivity index (χ2v) is 9.16. The molecule has 5 rings (SSSR count). The number of amides is 1. The lowest BCUT2D eigenvalue weighted by atomic mass is 9.98. The maximum atomic E-state index is 12.8. The quantitative estimate of drug-likeness (QED) is 0.840. The van der Waals surface area contributed by atoms with Gasteiger partial charge in [0.2, 0.25) is 5.91 Å². The van der Waals surface area contributed by atoms with Crippen LogP contribution in [0.4, 0.5) is 5.69 Å². The van der Waals surface area contributed by atoms with Gasteiger partial charge in [-0.3, -0.25) is 4.79 Å². The molecule has 0 radical (unpaired) electrons. The highest BCUT2D eigenvalue weighted by atomic mass is 16.2. The van der Waals surface area contributed by atoms with Crippen LogP contribution in [0.5, 0.6) is 0 Å². The van der Waals surface area contributed by atoms with E-state index in [-0.39, 0.29) is 5.92 Å². The molecule has 2 saturated carbocycles. The van der Waals surface area contributed by atoms with E-state index in [0.29, 0.717) is 17.9 Å². The lowest BCUT2D eigenvalue weighted by Gasteiger charge is -2.23. The van der Waals surface area contributed by atoms with Crippen molar-refractivity contribution in [2.45, 2.75) is 63.3 Å². The summed E-state index contributed by atoms with van der Waals surface area (Å²) in [5.41, 5.74) is 4.06. The number of carbonyl (C=O) groups excluding carboxylic acids is 1. The van der Waals surface area contributed by atoms with E-state index in [1.165, 1.54) is 68.6 Å². The second-order valence-electron chi connectivity index (χ2n) is 9.16. The Kier molecular flexibility index (Phi) is 4.95. The predicted octanol–water partition coefficient (Wildman–Crippen LogP) is 3.21. The maximum absolute atomic E-state index is 12.8. The molecule has 3 fully saturated rings. The summed E-state index contributed by atoms with van der Waals surface area (Å²) in [5, 5.41) is 7.26. The first-order valence-corrected chi connectivity index (χ1v) is 11.2. The van der Waals surface area contributed by atoms with Gasteiger partial charge in [-0.1, -0.05) is 25.0 Å². The van der Waals surface area contributed by atoms with Gasteiger partial charge < -0.3 is 15.5 Å². The van der Waals surface area contributed by atoms with Crippen LogP contribution in [-0.2, 0) is 11.2 Å². The molecule has 146 valence electrons. The Hall–Kier alpha value is -1.39. The normalized spacial score (nSPS) is 28.5. The molecule has 2 unspecified atom stereocenters. The highest BCUT2D eigenvalue weighted by Gasteiger charge is 2.39. The molecule has 4 heteroatoms. The van der Waals surface area contributed by atoms with E-state index in [9.17, 15) is 4.79 Å². The van der Waals surface area contributed by atoms with E-state index in [1.54, 1.807) is 0 Å². The predicted molar refractivity (Wildman–Crippen MR) is 109 cm³/mol. The van der Waals surface area contributed by atoms with Gasteiger partial charge in [-0.15, -0.1) is 0 Å². The molecular formula is C23H33N3O. The van der Waals surface area contributed by atoms with Crippen LogP contribution in [0.1, 0.15) is 62.0 Å². The Morgan fingerprint density at radius 1 is 1.15 bits per heavy atom. The molecular weight excluding hydrogens is 334 g/mol. The van der Waals surface area contributed by atoms with Crippen LogP contribution >= 0.6 is 0 Å². The molecule has 0 bridgehead atoms. The van der Waals surface area contributed by atoms with Gasteiger partial charge >= 0.3 is 0 Å². The number of piperidine rings is 1. The number of nitrogens with zero attached hydrogens (tertiary/aromatic N) is 1. The molecule has 4 nitrogen and oxygen atoms in total. The molecule has 2 aliphatic carbocycles. The summed E-state index contributed by atoms with van der Waals surface area (Å²) in [6.45, 7) is 4.43. The lowest BCUT2D eigenvalue weighted by Crippen LogP contribution is -2.34. The zero-order valence-electron chi connectivity index (χ0n) is 16.4. The van der Waals surface area contributed by atoms with E-state index in [0.717, 1.165) is 31.7 Å². The van der Waals surface area contributed by atoms with Gasteiger partial charge in [-0.2, -0.15) is 0 Å². The fourth-order valence-corrected chi connectivity index (χ4v) is 5.47. The van der Waals surface area contributed by atoms with Crippen molar-refractivity contribution in [1.82, 2.24) is 10.6 Å². The zero-order chi connectivity index (χ0) is 18.2. The zero-order valence-corrected chi connectivity index (χ0v) is 16.4. The molecule has 0 spiro atoms. The van der Waals surface area contributed by atoms with Crippen LogP contribution in [-0.4, -0.2) is 38.1 Å². The molecule has 1 aromatic rings. The van der Waals surface area contributed by atoms with Crippen LogP contribution < -0.4 is 15.5 Å². The fraction of sp³-hybridized carbons (Fsp3) is 0.696. The van der Waals surface area contributed by atoms with E-state index in [2.05, 4.69) is 33.7 Å². The third kappa shape index (κ3) is 3.66. The van der Waals surface area contributed by atoms with Crippen molar-refractivity contribution in [1.29, 1.82) is 0 Å². The summed E-state index contributed by atoms with van der Waals surface area (Å²) in [7, 11) is 0. The molecule has 4 aliphatic rings. The Bertz CT molecular complexity index is 691. The minimum Gasteiger partial charge on any atom is -0.317 e. The number of carbonyl (C=O) groups is 1. The minimum atomic E-state index is 0.280. The number of anilines is 1. The molecule has 0 aromatic heterocycles. The molecule has 1 aromatic carbocycles. The fourth-order valence-electron chi connectivity index (χ4n) is 5.47. The lowest BCUT2D eigenvalue weighted by molar-refractivity contribution is -0.122. The van der Waals surface area contributed by atoms with Crippen molar-refractivity contribution in [2.75, 3.05) is 31.1 Å². The van der Waals surface area contributed by atoms with Crippen LogP contribution in [0.3, 0.4) is 0 Å². The Balaban J connectivity index is 1.19. The van der Waals surface area contributed by atoms with Gasteiger partial charge in [0.05, 0.1) is 0 Å². The molecule has 2 heterocycles. The number of hydrogen-bond acceptors (Lipinski definition) is 3. The highest BCUT2D eigenvalue weighted by Crippen LogP contribution is 2.43. The number of rotatable bonds is 5. The Morgan fingerprint density at radius 2 is 1.96 bits per heavy atom. The van der Waals surface area contributed by atoms with Crippen LogP contribution in [0.15, 0.2) is 18.2 Å². The minimum absolute atomic E-state index is 0.280. The average Bonchev–Trinajstić information content (AvgIpc) is 3.09. The largest absolute Gasteiger partial charge is 0.317 e. The van der Waals surface area contributed by atoms with Crippen LogP contribution in [0.25, 0.3) is 0 Å². The summed E-state index contributed by atoms with van der Waals surface area (Å²) in [4.78, 5) is 14.9. The first-order chi connectivity index (χ1) is 13.3. The van der Waals surface area contributed by atoms with E-state index >= 15 is 0 Å². The molecule has 27 heavy (non-hydrogen) atoms. The van der Waals surface area contributed by atoms with Crippen molar-refractivity contribution < 1.29 is 4.79 Å². The monoisotopic (exact) mass is 367 g/mol. The molecule has 1 saturated heterocycles. The smallest absolute Gasteiger partial charge is 0.230 e. The maximum Gasteiger partial charge on any atom is 0.230 e. The molecule has 2 atom stereocenters. The third-order valence-corrected chi connectivity index (χ3v) is 7.32. The van der Waals surface area contributed by atoms with Gasteiger partial charge in [-0.05, 0) is 81.3 Å². The summed E-state index contributed by atoms with van der Waals surface area (Å²) in [6.07, 6.45) is 9.57. The standard InChI is InChI=1S/C23H33N3O/c27-23(17-3-1-2-4-17)26-12-9-19-13-18(5-6-22(19)26)20-14-21(20)25-15-16-7-10-24-11-8-16/h5-6,13,16-17,20-21,24-25H,1-4,7-12,14-15H2. The summed E-state index contributed by atoms with van der Waals surface area (Å²) in [5.74, 6) is 2.19. The number of fused-ring (bicyclic) bond motifs is 1. The van der Waals surface area contributed by atoms with Gasteiger partial charge in [0, 0.05) is 30.1 Å². The van der Waals surface area contributed by atoms with E-state index in [1.807, 2.05) is 0 Å². The number of hydrogen-bond donors (Lipinski definition) is 2. The van der Waals surface area contributed by atoms with Gasteiger partial charge in [0.25, 0.3) is 0 Å². The topological polar surface area (TPSA) is 44.4 Å². The van der Waals surface area contributed by atoms with Crippen molar-refractivity contribution in [2.24, 2.45) is 11.8 Å². The van der Waals surface area contributed by atoms with Crippen LogP contribution in [0, 0.1) is 11.8 Å². The van der Waals surface area contributed by atoms with Gasteiger partial charge in [0.15, 0.2) is 0 Å². The third-order valence-electron chi connectivity index (χ3n) is 7.32. The van der Waals surface area contributed by atoms with Crippen molar-refractivity contribution in [3.05, 3.63) is 29.3 Å². The Morgan fingerprint density at radius 3 is 2.78 bits per heavy atom. The van der Waals surface area contributed by atoms with Gasteiger partial charge in [-0.25, -0.2) is 0 Å². The average molecular weight is 368 g/mol. The van der Waals surface area contributed by atoms with Crippen molar-refractivity contribution >= 4 is 11.6 Å². The van der Waals surface area contributed by atoms with Crippen molar-refractivity contribution in [3.8, 4) is 0 Å². The van der Waals surface area contributed by atoms with Crippen LogP contribution in [0.2, 0.25) is 0 Å². The first-order valence-electron chi connectivity index (χ1n) is 11.2. The van der Waals surface area contributed by atoms with Crippen molar-refractivity contribution in [3.63, 3.8) is 0 Å². The molecule has 1 amide bonds. The Labute approximate surface area is 163 Å². The first kappa shape index (κ1) is 17.7. The SMILES string of the molecule is O=C(C1CCCC1)N1CCc2cc(C3CC3NCC3CCNCC3)ccc21. The van der Waals surface area contributed by atoms with E-state index < -0.39 is 0 Å². The summed E-state index contributed by atoms with van der Waals surface area (Å²) < 4.78 is 0.